The highest BCUT2D eigenvalue weighted by atomic mass is 32.1. The summed E-state index contributed by atoms with van der Waals surface area (Å²) >= 11 is 1.28. The summed E-state index contributed by atoms with van der Waals surface area (Å²) < 4.78 is 14.0. The molecular weight excluding hydrogens is 337 g/mol. The second-order valence-electron chi connectivity index (χ2n) is 5.29. The maximum atomic E-state index is 14.0. The molecule has 3 aromatic rings. The van der Waals surface area contributed by atoms with E-state index in [-0.39, 0.29) is 11.3 Å². The topological polar surface area (TPSA) is 61.1 Å². The quantitative estimate of drug-likeness (QED) is 0.654. The Balaban J connectivity index is 2.21. The molecule has 0 amide bonds. The van der Waals surface area contributed by atoms with Crippen molar-refractivity contribution in [2.24, 2.45) is 0 Å². The van der Waals surface area contributed by atoms with Crippen molar-refractivity contribution in [1.82, 2.24) is 0 Å². The van der Waals surface area contributed by atoms with Gasteiger partial charge in [0, 0.05) is 16.0 Å². The molecule has 25 heavy (non-hydrogen) atoms. The summed E-state index contributed by atoms with van der Waals surface area (Å²) in [5.41, 5.74) is 2.58. The van der Waals surface area contributed by atoms with Crippen molar-refractivity contribution >= 4 is 23.7 Å². The van der Waals surface area contributed by atoms with Crippen LogP contribution >= 0.6 is 11.3 Å². The van der Waals surface area contributed by atoms with Crippen LogP contribution in [0.5, 0.6) is 5.75 Å². The molecule has 0 radical (unpaired) electrons. The third-order valence-electron chi connectivity index (χ3n) is 3.78. The van der Waals surface area contributed by atoms with E-state index in [4.69, 9.17) is 5.26 Å². The standard InChI is InChI=1S/C20H12FNO2S/c1-2-12-7-14(5-6-19(12)24)20-17(9-16(11-23)25-20)13-3-4-15(10-22)18(21)8-13/h2-9,11,24H,1H2. The van der Waals surface area contributed by atoms with Gasteiger partial charge in [0.25, 0.3) is 0 Å². The fourth-order valence-corrected chi connectivity index (χ4v) is 3.52. The van der Waals surface area contributed by atoms with E-state index in [2.05, 4.69) is 6.58 Å². The highest BCUT2D eigenvalue weighted by molar-refractivity contribution is 7.17. The van der Waals surface area contributed by atoms with Crippen LogP contribution in [0.15, 0.2) is 49.0 Å². The normalized spacial score (nSPS) is 10.2. The molecule has 0 spiro atoms. The van der Waals surface area contributed by atoms with E-state index in [1.165, 1.54) is 29.5 Å². The number of carbonyl (C=O) groups excluding carboxylic acids is 1. The molecule has 0 atom stereocenters. The highest BCUT2D eigenvalue weighted by Gasteiger charge is 2.15. The predicted octanol–water partition coefficient (Wildman–Crippen LogP) is 5.25. The van der Waals surface area contributed by atoms with Gasteiger partial charge in [-0.25, -0.2) is 4.39 Å². The SMILES string of the molecule is C=Cc1cc(-c2sc(C=O)cc2-c2ccc(C#N)c(F)c2)ccc1O. The number of thiophene rings is 1. The van der Waals surface area contributed by atoms with E-state index in [1.54, 1.807) is 36.4 Å². The van der Waals surface area contributed by atoms with E-state index in [0.29, 0.717) is 21.6 Å². The minimum absolute atomic E-state index is 0.0327. The van der Waals surface area contributed by atoms with Crippen molar-refractivity contribution in [3.05, 3.63) is 70.9 Å². The number of rotatable bonds is 4. The fourth-order valence-electron chi connectivity index (χ4n) is 2.53. The first-order chi connectivity index (χ1) is 12.1. The second kappa shape index (κ2) is 6.71. The molecule has 122 valence electrons. The lowest BCUT2D eigenvalue weighted by molar-refractivity contribution is 0.112. The minimum atomic E-state index is -0.609. The highest BCUT2D eigenvalue weighted by Crippen LogP contribution is 2.40. The van der Waals surface area contributed by atoms with Crippen LogP contribution in [0.2, 0.25) is 0 Å². The van der Waals surface area contributed by atoms with Gasteiger partial charge in [-0.3, -0.25) is 4.79 Å². The first kappa shape index (κ1) is 16.6. The molecule has 1 N–H and O–H groups in total. The van der Waals surface area contributed by atoms with E-state index in [0.717, 1.165) is 16.7 Å². The first-order valence-corrected chi connectivity index (χ1v) is 8.14. The van der Waals surface area contributed by atoms with Crippen molar-refractivity contribution < 1.29 is 14.3 Å². The second-order valence-corrected chi connectivity index (χ2v) is 6.38. The minimum Gasteiger partial charge on any atom is -0.507 e. The van der Waals surface area contributed by atoms with Gasteiger partial charge in [-0.1, -0.05) is 18.7 Å². The van der Waals surface area contributed by atoms with Crippen LogP contribution in [0, 0.1) is 17.1 Å². The number of phenolic OH excluding ortho intramolecular Hbond substituents is 1. The molecule has 0 aliphatic carbocycles. The Morgan fingerprint density at radius 2 is 1.92 bits per heavy atom. The largest absolute Gasteiger partial charge is 0.507 e. The van der Waals surface area contributed by atoms with Crippen LogP contribution in [0.3, 0.4) is 0 Å². The van der Waals surface area contributed by atoms with Crippen molar-refractivity contribution in [3.8, 4) is 33.4 Å². The summed E-state index contributed by atoms with van der Waals surface area (Å²) in [6.45, 7) is 3.67. The first-order valence-electron chi connectivity index (χ1n) is 7.32. The van der Waals surface area contributed by atoms with Crippen LogP contribution in [0.4, 0.5) is 4.39 Å². The number of nitriles is 1. The van der Waals surface area contributed by atoms with Gasteiger partial charge >= 0.3 is 0 Å². The molecule has 1 aromatic heterocycles. The molecule has 3 nitrogen and oxygen atoms in total. The van der Waals surface area contributed by atoms with E-state index in [9.17, 15) is 14.3 Å². The number of benzene rings is 2. The zero-order valence-electron chi connectivity index (χ0n) is 13.0. The van der Waals surface area contributed by atoms with Crippen molar-refractivity contribution in [1.29, 1.82) is 5.26 Å². The summed E-state index contributed by atoms with van der Waals surface area (Å²) in [5, 5.41) is 18.7. The van der Waals surface area contributed by atoms with Gasteiger partial charge in [-0.15, -0.1) is 11.3 Å². The molecule has 0 saturated carbocycles. The van der Waals surface area contributed by atoms with Gasteiger partial charge in [0.05, 0.1) is 10.4 Å². The number of hydrogen-bond donors (Lipinski definition) is 1. The molecule has 0 bridgehead atoms. The van der Waals surface area contributed by atoms with Gasteiger partial charge in [-0.2, -0.15) is 5.26 Å². The molecule has 0 unspecified atom stereocenters. The molecule has 1 heterocycles. The third-order valence-corrected chi connectivity index (χ3v) is 4.89. The Morgan fingerprint density at radius 3 is 2.56 bits per heavy atom. The lowest BCUT2D eigenvalue weighted by Gasteiger charge is -2.07. The summed E-state index contributed by atoms with van der Waals surface area (Å²) in [6, 6.07) is 12.9. The lowest BCUT2D eigenvalue weighted by Crippen LogP contribution is -1.86. The number of halogens is 1. The van der Waals surface area contributed by atoms with Gasteiger partial charge in [0.2, 0.25) is 0 Å². The Kier molecular flexibility index (Phi) is 4.46. The molecular formula is C20H12FNO2S. The van der Waals surface area contributed by atoms with Crippen LogP contribution in [0.1, 0.15) is 20.8 Å². The molecule has 0 aliphatic rings. The molecule has 0 fully saturated rings. The molecule has 0 saturated heterocycles. The average Bonchev–Trinajstić information content (AvgIpc) is 3.06. The van der Waals surface area contributed by atoms with Gasteiger partial charge in [-0.05, 0) is 47.5 Å². The number of hydrogen-bond acceptors (Lipinski definition) is 4. The fraction of sp³-hybridized carbons (Fsp3) is 0. The maximum absolute atomic E-state index is 14.0. The summed E-state index contributed by atoms with van der Waals surface area (Å²) in [4.78, 5) is 12.5. The van der Waals surface area contributed by atoms with Crippen molar-refractivity contribution in [3.63, 3.8) is 0 Å². The van der Waals surface area contributed by atoms with Gasteiger partial charge < -0.3 is 5.11 Å². The average molecular weight is 349 g/mol. The molecule has 3 rings (SSSR count). The molecule has 0 aliphatic heterocycles. The monoisotopic (exact) mass is 349 g/mol. The Hall–Kier alpha value is -3.23. The Morgan fingerprint density at radius 1 is 1.16 bits per heavy atom. The zero-order chi connectivity index (χ0) is 18.0. The van der Waals surface area contributed by atoms with Crippen molar-refractivity contribution in [2.45, 2.75) is 0 Å². The Bertz CT molecular complexity index is 1030. The van der Waals surface area contributed by atoms with Crippen LogP contribution in [-0.2, 0) is 0 Å². The van der Waals surface area contributed by atoms with E-state index >= 15 is 0 Å². The van der Waals surface area contributed by atoms with Crippen LogP contribution < -0.4 is 0 Å². The number of nitrogens with zero attached hydrogens (tertiary/aromatic N) is 1. The third kappa shape index (κ3) is 3.08. The molecule has 2 aromatic carbocycles. The number of aromatic hydroxyl groups is 1. The van der Waals surface area contributed by atoms with Crippen LogP contribution in [-0.4, -0.2) is 11.4 Å². The number of phenols is 1. The van der Waals surface area contributed by atoms with Crippen LogP contribution in [0.25, 0.3) is 27.6 Å². The number of carbonyl (C=O) groups is 1. The smallest absolute Gasteiger partial charge is 0.160 e. The maximum Gasteiger partial charge on any atom is 0.160 e. The zero-order valence-corrected chi connectivity index (χ0v) is 13.8. The van der Waals surface area contributed by atoms with Gasteiger partial charge in [0.1, 0.15) is 17.6 Å². The van der Waals surface area contributed by atoms with Crippen molar-refractivity contribution in [2.75, 3.05) is 0 Å². The van der Waals surface area contributed by atoms with E-state index < -0.39 is 5.82 Å². The lowest BCUT2D eigenvalue weighted by atomic mass is 9.99. The van der Waals surface area contributed by atoms with E-state index in [1.807, 2.05) is 0 Å². The summed E-state index contributed by atoms with van der Waals surface area (Å²) in [7, 11) is 0. The molecule has 5 heteroatoms. The Labute approximate surface area is 147 Å². The van der Waals surface area contributed by atoms with Gasteiger partial charge in [0.15, 0.2) is 6.29 Å². The summed E-state index contributed by atoms with van der Waals surface area (Å²) in [5.74, 6) is -0.501. The number of aldehydes is 1. The summed E-state index contributed by atoms with van der Waals surface area (Å²) in [6.07, 6.45) is 2.28. The predicted molar refractivity (Wildman–Crippen MR) is 97.0 cm³/mol.